The van der Waals surface area contributed by atoms with E-state index in [0.29, 0.717) is 17.8 Å². The summed E-state index contributed by atoms with van der Waals surface area (Å²) in [6.07, 6.45) is 1.93. The maximum absolute atomic E-state index is 13.9. The summed E-state index contributed by atoms with van der Waals surface area (Å²) in [6, 6.07) is 10.8. The van der Waals surface area contributed by atoms with Gasteiger partial charge in [0.05, 0.1) is 11.5 Å². The predicted molar refractivity (Wildman–Crippen MR) is 96.6 cm³/mol. The number of nitrogens with zero attached hydrogens (tertiary/aromatic N) is 2. The molecule has 0 radical (unpaired) electrons. The highest BCUT2D eigenvalue weighted by Gasteiger charge is 2.30. The zero-order chi connectivity index (χ0) is 18.7. The molecule has 2 aromatic carbocycles. The van der Waals surface area contributed by atoms with Gasteiger partial charge in [0.1, 0.15) is 10.8 Å². The average Bonchev–Trinajstić information content (AvgIpc) is 3.42. The molecule has 6 nitrogen and oxygen atoms in total. The van der Waals surface area contributed by atoms with E-state index in [0.717, 1.165) is 12.8 Å². The van der Waals surface area contributed by atoms with Gasteiger partial charge in [-0.15, -0.1) is 0 Å². The van der Waals surface area contributed by atoms with Crippen molar-refractivity contribution in [2.75, 3.05) is 11.9 Å². The lowest BCUT2D eigenvalue weighted by Gasteiger charge is -2.21. The van der Waals surface area contributed by atoms with Gasteiger partial charge in [0.25, 0.3) is 5.69 Å². The summed E-state index contributed by atoms with van der Waals surface area (Å²) in [4.78, 5) is 24.6. The summed E-state index contributed by atoms with van der Waals surface area (Å²) in [5.74, 6) is -0.614. The van der Waals surface area contributed by atoms with E-state index in [2.05, 4.69) is 5.32 Å². The third kappa shape index (κ3) is 4.56. The second-order valence-electron chi connectivity index (χ2n) is 6.20. The van der Waals surface area contributed by atoms with Gasteiger partial charge in [0.15, 0.2) is 0 Å². The van der Waals surface area contributed by atoms with E-state index in [-0.39, 0.29) is 35.0 Å². The highest BCUT2D eigenvalue weighted by atomic mass is 35.5. The van der Waals surface area contributed by atoms with Crippen molar-refractivity contribution in [2.45, 2.75) is 25.4 Å². The van der Waals surface area contributed by atoms with E-state index in [4.69, 9.17) is 11.6 Å². The Kier molecular flexibility index (Phi) is 5.49. The fourth-order valence-electron chi connectivity index (χ4n) is 2.71. The topological polar surface area (TPSA) is 75.5 Å². The SMILES string of the molecule is O=C(CN(Cc1ccccc1F)C1CC1)Nc1ccc(Cl)c([N+](=O)[O-])c1. The molecule has 1 saturated carbocycles. The quantitative estimate of drug-likeness (QED) is 0.584. The fraction of sp³-hybridized carbons (Fsp3) is 0.278. The molecule has 136 valence electrons. The van der Waals surface area contributed by atoms with Crippen molar-refractivity contribution in [3.63, 3.8) is 0 Å². The Balaban J connectivity index is 1.66. The van der Waals surface area contributed by atoms with Crippen LogP contribution in [-0.4, -0.2) is 28.3 Å². The van der Waals surface area contributed by atoms with Crippen LogP contribution in [0.25, 0.3) is 0 Å². The summed E-state index contributed by atoms with van der Waals surface area (Å²) >= 11 is 5.77. The van der Waals surface area contributed by atoms with Crippen molar-refractivity contribution in [3.05, 3.63) is 69.0 Å². The summed E-state index contributed by atoms with van der Waals surface area (Å²) in [6.45, 7) is 0.418. The van der Waals surface area contributed by atoms with E-state index >= 15 is 0 Å². The zero-order valence-corrected chi connectivity index (χ0v) is 14.6. The number of amides is 1. The summed E-state index contributed by atoms with van der Waals surface area (Å²) in [5.41, 5.74) is 0.567. The van der Waals surface area contributed by atoms with Crippen LogP contribution in [0.15, 0.2) is 42.5 Å². The monoisotopic (exact) mass is 377 g/mol. The number of nitro groups is 1. The first-order valence-corrected chi connectivity index (χ1v) is 8.53. The van der Waals surface area contributed by atoms with Gasteiger partial charge in [-0.3, -0.25) is 19.8 Å². The van der Waals surface area contributed by atoms with Crippen LogP contribution in [0.3, 0.4) is 0 Å². The normalized spacial score (nSPS) is 13.7. The lowest BCUT2D eigenvalue weighted by Crippen LogP contribution is -2.34. The molecule has 3 rings (SSSR count). The molecule has 1 aliphatic carbocycles. The Morgan fingerprint density at radius 3 is 2.69 bits per heavy atom. The Morgan fingerprint density at radius 2 is 2.04 bits per heavy atom. The van der Waals surface area contributed by atoms with Crippen LogP contribution in [0.5, 0.6) is 0 Å². The molecule has 26 heavy (non-hydrogen) atoms. The van der Waals surface area contributed by atoms with Gasteiger partial charge >= 0.3 is 0 Å². The minimum absolute atomic E-state index is 0.00663. The van der Waals surface area contributed by atoms with Crippen molar-refractivity contribution in [1.29, 1.82) is 0 Å². The standard InChI is InChI=1S/C18H17ClFN3O3/c19-15-8-5-13(9-17(15)23(25)26)21-18(24)11-22(14-6-7-14)10-12-3-1-2-4-16(12)20/h1-5,8-9,14H,6-7,10-11H2,(H,21,24). The van der Waals surface area contributed by atoms with E-state index in [1.807, 2.05) is 4.90 Å². The first-order chi connectivity index (χ1) is 12.4. The molecular formula is C18H17ClFN3O3. The predicted octanol–water partition coefficient (Wildman–Crippen LogP) is 3.99. The second kappa shape index (κ2) is 7.80. The molecule has 0 aromatic heterocycles. The molecule has 0 aliphatic heterocycles. The Morgan fingerprint density at radius 1 is 1.31 bits per heavy atom. The van der Waals surface area contributed by atoms with Crippen LogP contribution in [0, 0.1) is 15.9 Å². The Labute approximate surface area is 154 Å². The van der Waals surface area contributed by atoms with Gasteiger partial charge in [-0.2, -0.15) is 0 Å². The maximum Gasteiger partial charge on any atom is 0.289 e. The van der Waals surface area contributed by atoms with Crippen molar-refractivity contribution >= 4 is 28.9 Å². The fourth-order valence-corrected chi connectivity index (χ4v) is 2.90. The molecule has 2 aromatic rings. The van der Waals surface area contributed by atoms with Gasteiger partial charge < -0.3 is 5.32 Å². The van der Waals surface area contributed by atoms with Crippen molar-refractivity contribution < 1.29 is 14.1 Å². The van der Waals surface area contributed by atoms with Gasteiger partial charge in [-0.25, -0.2) is 4.39 Å². The zero-order valence-electron chi connectivity index (χ0n) is 13.8. The highest BCUT2D eigenvalue weighted by molar-refractivity contribution is 6.32. The number of hydrogen-bond donors (Lipinski definition) is 1. The lowest BCUT2D eigenvalue weighted by molar-refractivity contribution is -0.384. The van der Waals surface area contributed by atoms with Gasteiger partial charge in [0.2, 0.25) is 5.91 Å². The first-order valence-electron chi connectivity index (χ1n) is 8.15. The van der Waals surface area contributed by atoms with Crippen molar-refractivity contribution in [3.8, 4) is 0 Å². The average molecular weight is 378 g/mol. The number of nitro benzene ring substituents is 1. The molecule has 0 bridgehead atoms. The van der Waals surface area contributed by atoms with Crippen LogP contribution in [0.4, 0.5) is 15.8 Å². The maximum atomic E-state index is 13.9. The van der Waals surface area contributed by atoms with E-state index in [1.165, 1.54) is 24.3 Å². The van der Waals surface area contributed by atoms with Gasteiger partial charge in [0, 0.05) is 29.9 Å². The smallest absolute Gasteiger partial charge is 0.289 e. The molecule has 0 heterocycles. The van der Waals surface area contributed by atoms with Gasteiger partial charge in [-0.05, 0) is 31.0 Å². The molecule has 1 aliphatic rings. The Bertz CT molecular complexity index is 842. The van der Waals surface area contributed by atoms with Crippen LogP contribution in [-0.2, 0) is 11.3 Å². The van der Waals surface area contributed by atoms with Crippen molar-refractivity contribution in [1.82, 2.24) is 4.90 Å². The molecule has 1 fully saturated rings. The number of nitrogens with one attached hydrogen (secondary N) is 1. The molecule has 0 atom stereocenters. The second-order valence-corrected chi connectivity index (χ2v) is 6.61. The summed E-state index contributed by atoms with van der Waals surface area (Å²) in [5, 5.41) is 13.6. The first kappa shape index (κ1) is 18.3. The number of benzene rings is 2. The summed E-state index contributed by atoms with van der Waals surface area (Å²) in [7, 11) is 0. The molecular weight excluding hydrogens is 361 g/mol. The number of anilines is 1. The highest BCUT2D eigenvalue weighted by Crippen LogP contribution is 2.29. The molecule has 0 saturated heterocycles. The van der Waals surface area contributed by atoms with Crippen LogP contribution >= 0.6 is 11.6 Å². The molecule has 8 heteroatoms. The Hall–Kier alpha value is -2.51. The molecule has 1 amide bonds. The lowest BCUT2D eigenvalue weighted by atomic mass is 10.2. The molecule has 1 N–H and O–H groups in total. The minimum Gasteiger partial charge on any atom is -0.325 e. The van der Waals surface area contributed by atoms with Gasteiger partial charge in [-0.1, -0.05) is 29.8 Å². The van der Waals surface area contributed by atoms with Crippen LogP contribution in [0.2, 0.25) is 5.02 Å². The minimum atomic E-state index is -0.604. The van der Waals surface area contributed by atoms with E-state index in [1.54, 1.807) is 18.2 Å². The summed E-state index contributed by atoms with van der Waals surface area (Å²) < 4.78 is 13.9. The largest absolute Gasteiger partial charge is 0.325 e. The molecule has 0 unspecified atom stereocenters. The number of carbonyl (C=O) groups excluding carboxylic acids is 1. The number of carbonyl (C=O) groups is 1. The number of hydrogen-bond acceptors (Lipinski definition) is 4. The third-order valence-corrected chi connectivity index (χ3v) is 4.49. The van der Waals surface area contributed by atoms with Crippen LogP contribution in [0.1, 0.15) is 18.4 Å². The van der Waals surface area contributed by atoms with Crippen LogP contribution < -0.4 is 5.32 Å². The van der Waals surface area contributed by atoms with Crippen molar-refractivity contribution in [2.24, 2.45) is 0 Å². The van der Waals surface area contributed by atoms with E-state index in [9.17, 15) is 19.3 Å². The third-order valence-electron chi connectivity index (χ3n) is 4.17. The molecule has 0 spiro atoms. The number of rotatable bonds is 7. The van der Waals surface area contributed by atoms with E-state index < -0.39 is 4.92 Å². The number of halogens is 2.